The molecule has 0 atom stereocenters. The summed E-state index contributed by atoms with van der Waals surface area (Å²) in [5, 5.41) is 2.87. The van der Waals surface area contributed by atoms with Gasteiger partial charge in [0.05, 0.1) is 23.8 Å². The maximum atomic E-state index is 11.1. The third-order valence-corrected chi connectivity index (χ3v) is 2.17. The van der Waals surface area contributed by atoms with Crippen LogP contribution in [0.5, 0.6) is 0 Å². The van der Waals surface area contributed by atoms with Gasteiger partial charge in [-0.25, -0.2) is 4.98 Å². The predicted octanol–water partition coefficient (Wildman–Crippen LogP) is 1.60. The van der Waals surface area contributed by atoms with Crippen LogP contribution in [0.2, 0.25) is 0 Å². The van der Waals surface area contributed by atoms with Crippen molar-refractivity contribution in [1.82, 2.24) is 9.97 Å². The Morgan fingerprint density at radius 3 is 2.88 bits per heavy atom. The summed E-state index contributed by atoms with van der Waals surface area (Å²) < 4.78 is 4.80. The van der Waals surface area contributed by atoms with E-state index >= 15 is 0 Å². The Morgan fingerprint density at radius 2 is 2.12 bits per heavy atom. The molecule has 1 aromatic carbocycles. The smallest absolute Gasteiger partial charge is 0.325 e. The van der Waals surface area contributed by atoms with Crippen molar-refractivity contribution < 1.29 is 9.53 Å². The first-order valence-electron chi connectivity index (χ1n) is 5.41. The normalized spacial score (nSPS) is 10.2. The molecule has 1 heterocycles. The fourth-order valence-corrected chi connectivity index (χ4v) is 1.42. The van der Waals surface area contributed by atoms with Gasteiger partial charge >= 0.3 is 5.97 Å². The number of ether oxygens (including phenoxy) is 1. The average Bonchev–Trinajstić information content (AvgIpc) is 2.36. The number of nitrogens with zero attached hydrogens (tertiary/aromatic N) is 2. The largest absolute Gasteiger partial charge is 0.465 e. The van der Waals surface area contributed by atoms with Gasteiger partial charge in [-0.05, 0) is 19.1 Å². The lowest BCUT2D eigenvalue weighted by atomic mass is 10.3. The van der Waals surface area contributed by atoms with E-state index < -0.39 is 0 Å². The molecule has 0 radical (unpaired) electrons. The van der Waals surface area contributed by atoms with Gasteiger partial charge in [0.1, 0.15) is 12.4 Å². The number of rotatable bonds is 4. The zero-order valence-electron chi connectivity index (χ0n) is 9.51. The first-order chi connectivity index (χ1) is 8.29. The van der Waals surface area contributed by atoms with Gasteiger partial charge in [0.25, 0.3) is 0 Å². The van der Waals surface area contributed by atoms with Gasteiger partial charge < -0.3 is 10.1 Å². The number of carbonyl (C=O) groups is 1. The number of hydrogen-bond donors (Lipinski definition) is 1. The zero-order chi connectivity index (χ0) is 12.1. The van der Waals surface area contributed by atoms with Crippen LogP contribution in [-0.2, 0) is 9.53 Å². The van der Waals surface area contributed by atoms with E-state index in [0.29, 0.717) is 12.4 Å². The topological polar surface area (TPSA) is 64.1 Å². The van der Waals surface area contributed by atoms with Crippen LogP contribution in [0, 0.1) is 0 Å². The van der Waals surface area contributed by atoms with Crippen LogP contribution in [0.25, 0.3) is 11.0 Å². The molecule has 5 nitrogen and oxygen atoms in total. The number of nitrogens with one attached hydrogen (secondary N) is 1. The monoisotopic (exact) mass is 231 g/mol. The zero-order valence-corrected chi connectivity index (χ0v) is 9.51. The Labute approximate surface area is 98.8 Å². The molecule has 0 aliphatic rings. The van der Waals surface area contributed by atoms with Gasteiger partial charge in [0.2, 0.25) is 0 Å². The number of carbonyl (C=O) groups excluding carboxylic acids is 1. The van der Waals surface area contributed by atoms with E-state index in [1.54, 1.807) is 13.1 Å². The standard InChI is InChI=1S/C12H13N3O2/c1-2-17-12(16)8-14-11-7-13-9-5-3-4-6-10(9)15-11/h3-7H,2,8H2,1H3,(H,14,15). The van der Waals surface area contributed by atoms with E-state index in [9.17, 15) is 4.79 Å². The number of fused-ring (bicyclic) bond motifs is 1. The summed E-state index contributed by atoms with van der Waals surface area (Å²) in [5.41, 5.74) is 1.62. The third-order valence-electron chi connectivity index (χ3n) is 2.17. The molecule has 1 N–H and O–H groups in total. The molecule has 5 heteroatoms. The highest BCUT2D eigenvalue weighted by Crippen LogP contribution is 2.10. The number of aromatic nitrogens is 2. The summed E-state index contributed by atoms with van der Waals surface area (Å²) in [7, 11) is 0. The number of benzene rings is 1. The van der Waals surface area contributed by atoms with Crippen molar-refractivity contribution in [3.63, 3.8) is 0 Å². The lowest BCUT2D eigenvalue weighted by Gasteiger charge is -2.05. The highest BCUT2D eigenvalue weighted by atomic mass is 16.5. The molecule has 0 fully saturated rings. The van der Waals surface area contributed by atoms with Gasteiger partial charge in [-0.3, -0.25) is 9.78 Å². The molecule has 0 amide bonds. The third kappa shape index (κ3) is 2.90. The lowest BCUT2D eigenvalue weighted by Crippen LogP contribution is -2.17. The molecule has 0 bridgehead atoms. The highest BCUT2D eigenvalue weighted by molar-refractivity contribution is 5.77. The maximum absolute atomic E-state index is 11.1. The van der Waals surface area contributed by atoms with Gasteiger partial charge in [-0.2, -0.15) is 0 Å². The Morgan fingerprint density at radius 1 is 1.35 bits per heavy atom. The maximum Gasteiger partial charge on any atom is 0.325 e. The van der Waals surface area contributed by atoms with E-state index in [0.717, 1.165) is 11.0 Å². The van der Waals surface area contributed by atoms with Crippen LogP contribution in [-0.4, -0.2) is 29.1 Å². The molecular weight excluding hydrogens is 218 g/mol. The molecule has 0 spiro atoms. The number of anilines is 1. The summed E-state index contributed by atoms with van der Waals surface area (Å²) in [6.07, 6.45) is 1.60. The minimum absolute atomic E-state index is 0.0981. The van der Waals surface area contributed by atoms with Crippen molar-refractivity contribution in [3.05, 3.63) is 30.5 Å². The minimum atomic E-state index is -0.303. The quantitative estimate of drug-likeness (QED) is 0.810. The van der Waals surface area contributed by atoms with E-state index in [1.165, 1.54) is 0 Å². The number of para-hydroxylation sites is 2. The molecule has 2 aromatic rings. The summed E-state index contributed by atoms with van der Waals surface area (Å²) in [4.78, 5) is 19.7. The SMILES string of the molecule is CCOC(=O)CNc1cnc2ccccc2n1. The summed E-state index contributed by atoms with van der Waals surface area (Å²) in [6, 6.07) is 7.56. The first kappa shape index (κ1) is 11.3. The number of hydrogen-bond acceptors (Lipinski definition) is 5. The molecule has 0 unspecified atom stereocenters. The Hall–Kier alpha value is -2.17. The minimum Gasteiger partial charge on any atom is -0.465 e. The molecule has 0 aliphatic carbocycles. The molecule has 88 valence electrons. The molecule has 0 saturated heterocycles. The Balaban J connectivity index is 2.06. The Kier molecular flexibility index (Phi) is 3.49. The second kappa shape index (κ2) is 5.25. The highest BCUT2D eigenvalue weighted by Gasteiger charge is 2.03. The molecule has 17 heavy (non-hydrogen) atoms. The van der Waals surface area contributed by atoms with Crippen LogP contribution < -0.4 is 5.32 Å². The summed E-state index contributed by atoms with van der Waals surface area (Å²) >= 11 is 0. The Bertz CT molecular complexity index is 528. The van der Waals surface area contributed by atoms with Crippen LogP contribution >= 0.6 is 0 Å². The van der Waals surface area contributed by atoms with Crippen molar-refractivity contribution in [3.8, 4) is 0 Å². The fourth-order valence-electron chi connectivity index (χ4n) is 1.42. The average molecular weight is 231 g/mol. The second-order valence-electron chi connectivity index (χ2n) is 3.40. The molecule has 2 rings (SSSR count). The molecule has 0 saturated carbocycles. The van der Waals surface area contributed by atoms with Crippen LogP contribution in [0.4, 0.5) is 5.82 Å². The first-order valence-corrected chi connectivity index (χ1v) is 5.41. The fraction of sp³-hybridized carbons (Fsp3) is 0.250. The summed E-state index contributed by atoms with van der Waals surface area (Å²) in [5.74, 6) is 0.263. The van der Waals surface area contributed by atoms with Gasteiger partial charge in [-0.15, -0.1) is 0 Å². The van der Waals surface area contributed by atoms with Gasteiger partial charge in [-0.1, -0.05) is 12.1 Å². The summed E-state index contributed by atoms with van der Waals surface area (Å²) in [6.45, 7) is 2.25. The molecule has 0 aliphatic heterocycles. The predicted molar refractivity (Wildman–Crippen MR) is 64.7 cm³/mol. The van der Waals surface area contributed by atoms with Gasteiger partial charge in [0, 0.05) is 0 Å². The van der Waals surface area contributed by atoms with Crippen molar-refractivity contribution in [2.75, 3.05) is 18.5 Å². The number of esters is 1. The van der Waals surface area contributed by atoms with E-state index in [4.69, 9.17) is 4.74 Å². The van der Waals surface area contributed by atoms with E-state index in [-0.39, 0.29) is 12.5 Å². The van der Waals surface area contributed by atoms with Crippen molar-refractivity contribution in [2.24, 2.45) is 0 Å². The van der Waals surface area contributed by atoms with Gasteiger partial charge in [0.15, 0.2) is 0 Å². The van der Waals surface area contributed by atoms with Crippen molar-refractivity contribution in [2.45, 2.75) is 6.92 Å². The van der Waals surface area contributed by atoms with Crippen LogP contribution in [0.1, 0.15) is 6.92 Å². The second-order valence-corrected chi connectivity index (χ2v) is 3.40. The van der Waals surface area contributed by atoms with E-state index in [1.807, 2.05) is 24.3 Å². The van der Waals surface area contributed by atoms with Crippen LogP contribution in [0.15, 0.2) is 30.5 Å². The molecular formula is C12H13N3O2. The lowest BCUT2D eigenvalue weighted by molar-refractivity contribution is -0.140. The van der Waals surface area contributed by atoms with Crippen LogP contribution in [0.3, 0.4) is 0 Å². The van der Waals surface area contributed by atoms with E-state index in [2.05, 4.69) is 15.3 Å². The van der Waals surface area contributed by atoms with Crippen molar-refractivity contribution in [1.29, 1.82) is 0 Å². The molecule has 1 aromatic heterocycles. The van der Waals surface area contributed by atoms with Crippen molar-refractivity contribution >= 4 is 22.8 Å².